The molecule has 0 fully saturated rings. The first-order valence-electron chi connectivity index (χ1n) is 14.7. The maximum absolute atomic E-state index is 17.2. The van der Waals surface area contributed by atoms with Gasteiger partial charge in [-0.1, -0.05) is 110 Å². The molecule has 0 spiro atoms. The molecule has 0 saturated heterocycles. The lowest BCUT2D eigenvalue weighted by Gasteiger charge is -2.32. The van der Waals surface area contributed by atoms with Gasteiger partial charge >= 0.3 is 0 Å². The minimum absolute atomic E-state index is 0.0661. The highest BCUT2D eigenvalue weighted by atomic mass is 32.2. The Morgan fingerprint density at radius 1 is 0.738 bits per heavy atom. The molecule has 3 unspecified atom stereocenters. The second kappa shape index (κ2) is 9.54. The zero-order valence-corrected chi connectivity index (χ0v) is 24.4. The molecular formula is C39H30F2S. The number of allylic oxidation sites excluding steroid dienone is 7. The number of halogens is 2. The Bertz CT molecular complexity index is 1860. The Hall–Kier alpha value is -3.95. The summed E-state index contributed by atoms with van der Waals surface area (Å²) in [7, 11) is 0. The third-order valence-electron chi connectivity index (χ3n) is 9.54. The number of hydrogen-bond donors (Lipinski definition) is 0. The van der Waals surface area contributed by atoms with Crippen LogP contribution in [0.3, 0.4) is 0 Å². The fourth-order valence-electron chi connectivity index (χ4n) is 7.88. The third kappa shape index (κ3) is 3.47. The quantitative estimate of drug-likeness (QED) is 0.231. The summed E-state index contributed by atoms with van der Waals surface area (Å²) in [6.45, 7) is 4.32. The van der Waals surface area contributed by atoms with Crippen LogP contribution in [0, 0.1) is 12.8 Å². The molecule has 4 aromatic carbocycles. The number of aryl methyl sites for hydroxylation is 1. The number of thioether (sulfide) groups is 1. The first-order valence-corrected chi connectivity index (χ1v) is 15.7. The Kier molecular flexibility index (Phi) is 5.84. The summed E-state index contributed by atoms with van der Waals surface area (Å²) in [6.07, 6.45) is 6.29. The lowest BCUT2D eigenvalue weighted by Crippen LogP contribution is -2.32. The molecule has 0 aliphatic heterocycles. The summed E-state index contributed by atoms with van der Waals surface area (Å²) < 4.78 is 32.8. The molecule has 0 heterocycles. The van der Waals surface area contributed by atoms with Gasteiger partial charge in [-0.2, -0.15) is 0 Å². The van der Waals surface area contributed by atoms with Gasteiger partial charge in [0.1, 0.15) is 5.83 Å². The molecule has 4 aromatic rings. The average molecular weight is 569 g/mol. The van der Waals surface area contributed by atoms with Crippen LogP contribution in [-0.4, -0.2) is 11.4 Å². The van der Waals surface area contributed by atoms with Gasteiger partial charge < -0.3 is 0 Å². The lowest BCUT2D eigenvalue weighted by atomic mass is 9.73. The van der Waals surface area contributed by atoms with Crippen molar-refractivity contribution in [2.75, 3.05) is 5.75 Å². The summed E-state index contributed by atoms with van der Waals surface area (Å²) in [6, 6.07) is 32.1. The molecule has 0 N–H and O–H groups in total. The van der Waals surface area contributed by atoms with E-state index in [-0.39, 0.29) is 11.8 Å². The van der Waals surface area contributed by atoms with Crippen molar-refractivity contribution < 1.29 is 8.78 Å². The van der Waals surface area contributed by atoms with E-state index in [0.29, 0.717) is 0 Å². The van der Waals surface area contributed by atoms with Crippen LogP contribution >= 0.6 is 11.8 Å². The molecule has 8 rings (SSSR count). The fraction of sp³-hybridized carbons (Fsp3) is 0.179. The molecular weight excluding hydrogens is 538 g/mol. The maximum Gasteiger partial charge on any atom is 0.190 e. The number of hydrogen-bond acceptors (Lipinski definition) is 1. The van der Waals surface area contributed by atoms with Gasteiger partial charge in [0.25, 0.3) is 0 Å². The van der Waals surface area contributed by atoms with E-state index in [4.69, 9.17) is 0 Å². The molecule has 3 heteroatoms. The van der Waals surface area contributed by atoms with E-state index in [1.54, 1.807) is 11.8 Å². The molecule has 3 atom stereocenters. The van der Waals surface area contributed by atoms with Crippen LogP contribution < -0.4 is 0 Å². The van der Waals surface area contributed by atoms with E-state index in [9.17, 15) is 0 Å². The molecule has 0 amide bonds. The highest BCUT2D eigenvalue weighted by molar-refractivity contribution is 8.03. The third-order valence-corrected chi connectivity index (χ3v) is 10.5. The summed E-state index contributed by atoms with van der Waals surface area (Å²) in [5, 5.41) is 0. The Labute approximate surface area is 250 Å². The lowest BCUT2D eigenvalue weighted by molar-refractivity contribution is 0.197. The zero-order chi connectivity index (χ0) is 28.6. The van der Waals surface area contributed by atoms with Crippen LogP contribution in [0.2, 0.25) is 0 Å². The predicted molar refractivity (Wildman–Crippen MR) is 171 cm³/mol. The first-order chi connectivity index (χ1) is 20.5. The van der Waals surface area contributed by atoms with Gasteiger partial charge in [-0.05, 0) is 86.0 Å². The minimum Gasteiger partial charge on any atom is -0.230 e. The molecule has 0 nitrogen and oxygen atoms in total. The zero-order valence-electron chi connectivity index (χ0n) is 23.6. The van der Waals surface area contributed by atoms with Crippen molar-refractivity contribution in [3.8, 4) is 22.3 Å². The van der Waals surface area contributed by atoms with Crippen LogP contribution in [-0.2, 0) is 0 Å². The second-order valence-electron chi connectivity index (χ2n) is 11.6. The molecule has 0 bridgehead atoms. The van der Waals surface area contributed by atoms with Crippen molar-refractivity contribution in [2.24, 2.45) is 5.92 Å². The molecule has 42 heavy (non-hydrogen) atoms. The summed E-state index contributed by atoms with van der Waals surface area (Å²) in [5.74, 6) is -0.885. The van der Waals surface area contributed by atoms with E-state index < -0.39 is 17.4 Å². The van der Waals surface area contributed by atoms with Gasteiger partial charge in [0, 0.05) is 22.7 Å². The number of fused-ring (bicyclic) bond motifs is 6. The van der Waals surface area contributed by atoms with E-state index in [1.807, 2.05) is 6.08 Å². The van der Waals surface area contributed by atoms with E-state index in [1.165, 1.54) is 68.3 Å². The van der Waals surface area contributed by atoms with E-state index in [0.717, 1.165) is 21.8 Å². The largest absolute Gasteiger partial charge is 0.230 e. The van der Waals surface area contributed by atoms with Crippen molar-refractivity contribution >= 4 is 11.8 Å². The van der Waals surface area contributed by atoms with E-state index >= 15 is 8.78 Å². The Balaban J connectivity index is 1.49. The van der Waals surface area contributed by atoms with Crippen LogP contribution in [0.15, 0.2) is 137 Å². The summed E-state index contributed by atoms with van der Waals surface area (Å²) in [4.78, 5) is 1.07. The standard InChI is InChI=1S/C39H30F2S/c1-3-42-32-22-31(39(41)21-11-20-33(39)40)37(35-28-16-7-4-13-24(28)25-14-5-8-17-29(25)35)38(32)36-30-18-9-6-15-26(30)27-19-10-12-23(2)34(27)36/h4-22,31,35-36H,3H2,1-2H3. The summed E-state index contributed by atoms with van der Waals surface area (Å²) >= 11 is 1.75. The number of benzene rings is 4. The van der Waals surface area contributed by atoms with Crippen molar-refractivity contribution in [3.05, 3.63) is 165 Å². The smallest absolute Gasteiger partial charge is 0.190 e. The van der Waals surface area contributed by atoms with Crippen LogP contribution in [0.4, 0.5) is 8.78 Å². The van der Waals surface area contributed by atoms with Crippen molar-refractivity contribution in [3.63, 3.8) is 0 Å². The molecule has 206 valence electrons. The molecule has 4 aliphatic rings. The van der Waals surface area contributed by atoms with Crippen molar-refractivity contribution in [1.82, 2.24) is 0 Å². The fourth-order valence-corrected chi connectivity index (χ4v) is 8.82. The maximum atomic E-state index is 17.2. The van der Waals surface area contributed by atoms with Gasteiger partial charge in [0.2, 0.25) is 0 Å². The molecule has 0 radical (unpaired) electrons. The van der Waals surface area contributed by atoms with Crippen molar-refractivity contribution in [2.45, 2.75) is 31.4 Å². The molecule has 4 aliphatic carbocycles. The van der Waals surface area contributed by atoms with Crippen LogP contribution in [0.1, 0.15) is 46.6 Å². The Morgan fingerprint density at radius 3 is 1.90 bits per heavy atom. The SMILES string of the molecule is CCSC1=CC(C2(F)C=CC=C2F)C(C2c3ccccc3-c3ccccc32)=C1C1c2ccccc2-c2cccc(C)c21. The van der Waals surface area contributed by atoms with E-state index in [2.05, 4.69) is 105 Å². The van der Waals surface area contributed by atoms with Crippen LogP contribution in [0.25, 0.3) is 22.3 Å². The minimum atomic E-state index is -2.23. The monoisotopic (exact) mass is 568 g/mol. The normalized spacial score (nSPS) is 23.5. The Morgan fingerprint density at radius 2 is 1.31 bits per heavy atom. The van der Waals surface area contributed by atoms with Crippen molar-refractivity contribution in [1.29, 1.82) is 0 Å². The predicted octanol–water partition coefficient (Wildman–Crippen LogP) is 10.6. The van der Waals surface area contributed by atoms with Gasteiger partial charge in [0.05, 0.1) is 0 Å². The first kappa shape index (κ1) is 25.7. The van der Waals surface area contributed by atoms with Gasteiger partial charge in [-0.15, -0.1) is 11.8 Å². The number of alkyl halides is 1. The summed E-state index contributed by atoms with van der Waals surface area (Å²) in [5.41, 5.74) is 10.8. The van der Waals surface area contributed by atoms with Gasteiger partial charge in [0.15, 0.2) is 5.67 Å². The molecule has 0 saturated carbocycles. The van der Waals surface area contributed by atoms with Gasteiger partial charge in [-0.3, -0.25) is 0 Å². The average Bonchev–Trinajstić information content (AvgIpc) is 3.74. The highest BCUT2D eigenvalue weighted by Crippen LogP contribution is 2.63. The highest BCUT2D eigenvalue weighted by Gasteiger charge is 2.52. The molecule has 0 aromatic heterocycles. The second-order valence-corrected chi connectivity index (χ2v) is 12.9. The van der Waals surface area contributed by atoms with Gasteiger partial charge in [-0.25, -0.2) is 8.78 Å². The topological polar surface area (TPSA) is 0 Å². The van der Waals surface area contributed by atoms with Crippen LogP contribution in [0.5, 0.6) is 0 Å². The number of rotatable bonds is 5.